The molecule has 3 unspecified atom stereocenters. The second kappa shape index (κ2) is 15.4. The predicted octanol–water partition coefficient (Wildman–Crippen LogP) is 6.53. The summed E-state index contributed by atoms with van der Waals surface area (Å²) in [7, 11) is 1.64. The van der Waals surface area contributed by atoms with Crippen molar-refractivity contribution in [3.63, 3.8) is 0 Å². The van der Waals surface area contributed by atoms with E-state index in [-0.39, 0.29) is 24.8 Å². The maximum atomic E-state index is 14.6. The number of nitrogens with zero attached hydrogens (tertiary/aromatic N) is 2. The van der Waals surface area contributed by atoms with Crippen LogP contribution in [0.1, 0.15) is 43.4 Å². The summed E-state index contributed by atoms with van der Waals surface area (Å²) in [6, 6.07) is 33.1. The normalized spacial score (nSPS) is 15.5. The minimum Gasteiger partial charge on any atom is -0.497 e. The van der Waals surface area contributed by atoms with Gasteiger partial charge in [0.05, 0.1) is 36.9 Å². The number of carbonyl (C=O) groups excluding carboxylic acids is 3. The number of rotatable bonds is 13. The third kappa shape index (κ3) is 7.72. The molecule has 8 nitrogen and oxygen atoms in total. The first-order valence-electron chi connectivity index (χ1n) is 16.2. The number of benzodiazepines with no additional fused rings is 1. The molecule has 0 saturated carbocycles. The van der Waals surface area contributed by atoms with E-state index in [1.807, 2.05) is 111 Å². The molecule has 3 atom stereocenters. The van der Waals surface area contributed by atoms with Crippen molar-refractivity contribution in [2.24, 2.45) is 28.5 Å². The monoisotopic (exact) mass is 642 g/mol. The lowest BCUT2D eigenvalue weighted by atomic mass is 9.82. The topological polar surface area (TPSA) is 114 Å². The third-order valence-corrected chi connectivity index (χ3v) is 8.56. The third-order valence-electron chi connectivity index (χ3n) is 8.56. The molecule has 3 N–H and O–H groups in total. The molecule has 3 amide bonds. The summed E-state index contributed by atoms with van der Waals surface area (Å²) in [5.41, 5.74) is 11.5. The second-order valence-electron chi connectivity index (χ2n) is 12.4. The maximum Gasteiger partial charge on any atom is 0.272 e. The van der Waals surface area contributed by atoms with Crippen molar-refractivity contribution in [1.29, 1.82) is 0 Å². The number of allylic oxidation sites excluding steroid dienone is 1. The van der Waals surface area contributed by atoms with E-state index in [4.69, 9.17) is 15.5 Å². The zero-order valence-electron chi connectivity index (χ0n) is 27.6. The summed E-state index contributed by atoms with van der Waals surface area (Å²) in [5.74, 6) is -2.08. The zero-order chi connectivity index (χ0) is 34.2. The molecule has 0 aromatic heterocycles. The highest BCUT2D eigenvalue weighted by Gasteiger charge is 2.37. The molecular weight excluding hydrogens is 600 g/mol. The van der Waals surface area contributed by atoms with E-state index in [0.29, 0.717) is 17.8 Å². The fourth-order valence-corrected chi connectivity index (χ4v) is 6.19. The Labute approximate surface area is 282 Å². The molecule has 4 aromatic carbocycles. The van der Waals surface area contributed by atoms with E-state index in [1.165, 1.54) is 0 Å². The molecule has 0 radical (unpaired) electrons. The van der Waals surface area contributed by atoms with Gasteiger partial charge in [-0.1, -0.05) is 98.8 Å². The molecule has 0 aliphatic carbocycles. The van der Waals surface area contributed by atoms with E-state index in [2.05, 4.69) is 18.0 Å². The van der Waals surface area contributed by atoms with E-state index in [0.717, 1.165) is 33.6 Å². The summed E-state index contributed by atoms with van der Waals surface area (Å²) < 4.78 is 5.32. The van der Waals surface area contributed by atoms with Crippen LogP contribution in [-0.2, 0) is 20.9 Å². The van der Waals surface area contributed by atoms with Crippen LogP contribution in [0.3, 0.4) is 0 Å². The van der Waals surface area contributed by atoms with Gasteiger partial charge in [-0.15, -0.1) is 6.58 Å². The highest BCUT2D eigenvalue weighted by atomic mass is 16.5. The molecule has 48 heavy (non-hydrogen) atoms. The Morgan fingerprint density at radius 2 is 1.60 bits per heavy atom. The van der Waals surface area contributed by atoms with Gasteiger partial charge in [0, 0.05) is 11.1 Å². The van der Waals surface area contributed by atoms with Gasteiger partial charge in [0.1, 0.15) is 5.75 Å². The van der Waals surface area contributed by atoms with Crippen LogP contribution in [0.2, 0.25) is 0 Å². The molecule has 0 fully saturated rings. The second-order valence-corrected chi connectivity index (χ2v) is 12.4. The number of ether oxygens (including phenoxy) is 1. The number of anilines is 1. The first-order valence-corrected chi connectivity index (χ1v) is 16.2. The lowest BCUT2D eigenvalue weighted by Crippen LogP contribution is -2.50. The quantitative estimate of drug-likeness (QED) is 0.162. The molecule has 0 bridgehead atoms. The van der Waals surface area contributed by atoms with Crippen molar-refractivity contribution in [3.05, 3.63) is 132 Å². The van der Waals surface area contributed by atoms with Crippen LogP contribution in [0, 0.1) is 17.8 Å². The van der Waals surface area contributed by atoms with Crippen molar-refractivity contribution in [2.75, 3.05) is 12.0 Å². The SMILES string of the molecule is C=CCC(C(N)=O)C(CC(C)C)C(=O)NC1N=C(c2ccccc2)c2ccccc2N(Cc2cccc(-c3ccc(OC)cc3)c2)C1=O. The number of primary amides is 1. The predicted molar refractivity (Wildman–Crippen MR) is 191 cm³/mol. The lowest BCUT2D eigenvalue weighted by molar-refractivity contribution is -0.135. The van der Waals surface area contributed by atoms with Crippen LogP contribution in [0.4, 0.5) is 5.69 Å². The van der Waals surface area contributed by atoms with Gasteiger partial charge in [-0.3, -0.25) is 14.4 Å². The van der Waals surface area contributed by atoms with Gasteiger partial charge < -0.3 is 20.7 Å². The van der Waals surface area contributed by atoms with E-state index < -0.39 is 29.8 Å². The molecule has 246 valence electrons. The van der Waals surface area contributed by atoms with Crippen molar-refractivity contribution >= 4 is 29.1 Å². The van der Waals surface area contributed by atoms with Gasteiger partial charge in [-0.25, -0.2) is 4.99 Å². The number of hydrogen-bond donors (Lipinski definition) is 2. The maximum absolute atomic E-state index is 14.6. The van der Waals surface area contributed by atoms with Crippen LogP contribution in [0.15, 0.2) is 121 Å². The molecular formula is C40H42N4O4. The van der Waals surface area contributed by atoms with Crippen molar-refractivity contribution in [3.8, 4) is 16.9 Å². The first kappa shape index (κ1) is 33.9. The van der Waals surface area contributed by atoms with Crippen molar-refractivity contribution in [2.45, 2.75) is 39.4 Å². The average Bonchev–Trinajstić information content (AvgIpc) is 3.21. The number of hydrogen-bond acceptors (Lipinski definition) is 5. The minimum atomic E-state index is -1.25. The van der Waals surface area contributed by atoms with Crippen LogP contribution < -0.4 is 20.7 Å². The number of benzene rings is 4. The summed E-state index contributed by atoms with van der Waals surface area (Å²) in [5, 5.41) is 2.93. The fraction of sp³-hybridized carbons (Fsp3) is 0.250. The number of nitrogens with two attached hydrogens (primary N) is 1. The zero-order valence-corrected chi connectivity index (χ0v) is 27.6. The van der Waals surface area contributed by atoms with Crippen LogP contribution in [0.25, 0.3) is 11.1 Å². The van der Waals surface area contributed by atoms with Gasteiger partial charge in [0.2, 0.25) is 18.0 Å². The summed E-state index contributed by atoms with van der Waals surface area (Å²) in [6.07, 6.45) is 0.999. The van der Waals surface area contributed by atoms with Gasteiger partial charge in [-0.05, 0) is 59.7 Å². The van der Waals surface area contributed by atoms with Crippen LogP contribution in [0.5, 0.6) is 5.75 Å². The van der Waals surface area contributed by atoms with Gasteiger partial charge in [-0.2, -0.15) is 0 Å². The number of nitrogens with one attached hydrogen (secondary N) is 1. The number of amides is 3. The number of carbonyl (C=O) groups is 3. The Hall–Kier alpha value is -5.50. The van der Waals surface area contributed by atoms with E-state index in [9.17, 15) is 14.4 Å². The number of aliphatic imine (C=N–C) groups is 1. The van der Waals surface area contributed by atoms with Gasteiger partial charge >= 0.3 is 0 Å². The van der Waals surface area contributed by atoms with E-state index in [1.54, 1.807) is 18.1 Å². The number of para-hydroxylation sites is 1. The fourth-order valence-electron chi connectivity index (χ4n) is 6.19. The van der Waals surface area contributed by atoms with Crippen LogP contribution in [-0.4, -0.2) is 36.7 Å². The first-order chi connectivity index (χ1) is 23.2. The Kier molecular flexibility index (Phi) is 10.9. The largest absolute Gasteiger partial charge is 0.497 e. The summed E-state index contributed by atoms with van der Waals surface area (Å²) in [6.45, 7) is 7.96. The van der Waals surface area contributed by atoms with E-state index >= 15 is 0 Å². The highest BCUT2D eigenvalue weighted by molar-refractivity contribution is 6.20. The summed E-state index contributed by atoms with van der Waals surface area (Å²) in [4.78, 5) is 47.8. The molecule has 0 saturated heterocycles. The van der Waals surface area contributed by atoms with Gasteiger partial charge in [0.25, 0.3) is 5.91 Å². The van der Waals surface area contributed by atoms with Crippen LogP contribution >= 0.6 is 0 Å². The Balaban J connectivity index is 1.57. The Bertz CT molecular complexity index is 1800. The molecule has 5 rings (SSSR count). The number of methoxy groups -OCH3 is 1. The molecule has 1 heterocycles. The van der Waals surface area contributed by atoms with Crippen molar-refractivity contribution < 1.29 is 19.1 Å². The average molecular weight is 643 g/mol. The highest BCUT2D eigenvalue weighted by Crippen LogP contribution is 2.32. The Morgan fingerprint density at radius 1 is 0.917 bits per heavy atom. The molecule has 1 aliphatic rings. The molecule has 4 aromatic rings. The molecule has 8 heteroatoms. The van der Waals surface area contributed by atoms with Crippen molar-refractivity contribution in [1.82, 2.24) is 5.32 Å². The minimum absolute atomic E-state index is 0.0966. The lowest BCUT2D eigenvalue weighted by Gasteiger charge is -2.28. The molecule has 0 spiro atoms. The molecule has 1 aliphatic heterocycles. The Morgan fingerprint density at radius 3 is 2.27 bits per heavy atom. The standard InChI is InChI=1S/C40H42N4O4/c1-5-12-32(37(41)45)34(23-26(2)3)39(46)43-38-40(47)44(25-27-13-11-16-30(24-27)28-19-21-31(48-4)22-20-28)35-18-10-9-17-33(35)36(42-38)29-14-7-6-8-15-29/h5-11,13-22,24,26,32,34,38H,1,12,23,25H2,2-4H3,(H2,41,45)(H,43,46). The smallest absolute Gasteiger partial charge is 0.272 e. The number of fused-ring (bicyclic) bond motifs is 1. The summed E-state index contributed by atoms with van der Waals surface area (Å²) >= 11 is 0. The van der Waals surface area contributed by atoms with Gasteiger partial charge in [0.15, 0.2) is 0 Å².